The van der Waals surface area contributed by atoms with Gasteiger partial charge in [0.25, 0.3) is 0 Å². The second-order valence-electron chi connectivity index (χ2n) is 5.46. The molecule has 104 valence electrons. The fourth-order valence-electron chi connectivity index (χ4n) is 1.18. The fourth-order valence-corrected chi connectivity index (χ4v) is 1.96. The summed E-state index contributed by atoms with van der Waals surface area (Å²) < 4.78 is 0. The molecule has 1 N–H and O–H groups in total. The number of hydrogen-bond acceptors (Lipinski definition) is 3. The molecule has 0 saturated heterocycles. The summed E-state index contributed by atoms with van der Waals surface area (Å²) in [7, 11) is 0. The Labute approximate surface area is 119 Å². The van der Waals surface area contributed by atoms with Crippen LogP contribution in [0.1, 0.15) is 33.3 Å². The Bertz CT molecular complexity index is 435. The number of carbonyl (C=O) groups excluding carboxylic acids is 1. The highest BCUT2D eigenvalue weighted by molar-refractivity contribution is 7.99. The molecule has 0 aromatic heterocycles. The van der Waals surface area contributed by atoms with Gasteiger partial charge in [-0.2, -0.15) is 5.10 Å². The Balaban J connectivity index is 2.29. The minimum Gasteiger partial charge on any atom is -0.272 e. The third-order valence-corrected chi connectivity index (χ3v) is 3.78. The Hall–Kier alpha value is -1.29. The monoisotopic (exact) mass is 278 g/mol. The van der Waals surface area contributed by atoms with Crippen molar-refractivity contribution in [2.45, 2.75) is 33.4 Å². The zero-order chi connectivity index (χ0) is 14.3. The summed E-state index contributed by atoms with van der Waals surface area (Å²) in [6.45, 7) is 8.14. The number of hydrazone groups is 1. The quantitative estimate of drug-likeness (QED) is 0.662. The predicted octanol–water partition coefficient (Wildman–Crippen LogP) is 3.46. The molecule has 0 heterocycles. The van der Waals surface area contributed by atoms with E-state index in [1.54, 1.807) is 11.8 Å². The van der Waals surface area contributed by atoms with Crippen molar-refractivity contribution in [1.82, 2.24) is 5.43 Å². The van der Waals surface area contributed by atoms with Gasteiger partial charge in [0, 0.05) is 16.9 Å². The molecule has 0 unspecified atom stereocenters. The Morgan fingerprint density at radius 1 is 1.26 bits per heavy atom. The average Bonchev–Trinajstić information content (AvgIpc) is 2.36. The van der Waals surface area contributed by atoms with Gasteiger partial charge < -0.3 is 0 Å². The molecule has 0 aliphatic rings. The van der Waals surface area contributed by atoms with E-state index in [0.29, 0.717) is 5.75 Å². The molecule has 0 aliphatic carbocycles. The van der Waals surface area contributed by atoms with Crippen molar-refractivity contribution in [2.75, 3.05) is 5.75 Å². The second kappa shape index (κ2) is 7.34. The lowest BCUT2D eigenvalue weighted by Crippen LogP contribution is -2.25. The van der Waals surface area contributed by atoms with Gasteiger partial charge in [0.1, 0.15) is 0 Å². The standard InChI is InChI=1S/C15H22N2OS/c1-12(15(2,3)4)16-17-14(18)11-19-10-13-8-6-5-7-9-13/h5-9H,10-11H2,1-4H3,(H,17,18)/b16-12+. The Kier molecular flexibility index (Phi) is 6.09. The minimum atomic E-state index is -0.0514. The molecule has 19 heavy (non-hydrogen) atoms. The molecule has 0 aliphatic heterocycles. The summed E-state index contributed by atoms with van der Waals surface area (Å²) in [5.74, 6) is 1.22. The summed E-state index contributed by atoms with van der Waals surface area (Å²) in [5, 5.41) is 4.12. The molecule has 0 atom stereocenters. The lowest BCUT2D eigenvalue weighted by Gasteiger charge is -2.17. The molecule has 0 fully saturated rings. The first-order valence-electron chi connectivity index (χ1n) is 6.35. The zero-order valence-corrected chi connectivity index (χ0v) is 12.9. The van der Waals surface area contributed by atoms with Gasteiger partial charge in [0.2, 0.25) is 5.91 Å². The van der Waals surface area contributed by atoms with Crippen LogP contribution in [0.2, 0.25) is 0 Å². The van der Waals surface area contributed by atoms with Crippen LogP contribution in [-0.4, -0.2) is 17.4 Å². The number of thioether (sulfide) groups is 1. The molecule has 0 spiro atoms. The van der Waals surface area contributed by atoms with Crippen molar-refractivity contribution in [3.63, 3.8) is 0 Å². The van der Waals surface area contributed by atoms with Gasteiger partial charge in [-0.05, 0) is 12.5 Å². The first-order chi connectivity index (χ1) is 8.89. The van der Waals surface area contributed by atoms with E-state index in [0.717, 1.165) is 11.5 Å². The van der Waals surface area contributed by atoms with Gasteiger partial charge >= 0.3 is 0 Å². The maximum absolute atomic E-state index is 11.6. The number of rotatable bonds is 5. The Morgan fingerprint density at radius 3 is 2.47 bits per heavy atom. The van der Waals surface area contributed by atoms with Crippen molar-refractivity contribution in [1.29, 1.82) is 0 Å². The maximum Gasteiger partial charge on any atom is 0.250 e. The van der Waals surface area contributed by atoms with Gasteiger partial charge in [-0.1, -0.05) is 51.1 Å². The van der Waals surface area contributed by atoms with Crippen molar-refractivity contribution in [3.8, 4) is 0 Å². The van der Waals surface area contributed by atoms with Crippen LogP contribution in [0, 0.1) is 5.41 Å². The molecule has 0 saturated carbocycles. The molecule has 1 aromatic carbocycles. The van der Waals surface area contributed by atoms with E-state index in [1.807, 2.05) is 25.1 Å². The molecule has 0 bridgehead atoms. The van der Waals surface area contributed by atoms with Crippen LogP contribution in [0.25, 0.3) is 0 Å². The molecule has 4 heteroatoms. The van der Waals surface area contributed by atoms with Crippen molar-refractivity contribution >= 4 is 23.4 Å². The number of nitrogens with zero attached hydrogens (tertiary/aromatic N) is 1. The van der Waals surface area contributed by atoms with Crippen molar-refractivity contribution in [2.24, 2.45) is 10.5 Å². The maximum atomic E-state index is 11.6. The van der Waals surface area contributed by atoms with E-state index in [2.05, 4.69) is 43.4 Å². The van der Waals surface area contributed by atoms with Crippen LogP contribution in [0.4, 0.5) is 0 Å². The third-order valence-electron chi connectivity index (χ3n) is 2.78. The van der Waals surface area contributed by atoms with Crippen LogP contribution < -0.4 is 5.43 Å². The van der Waals surface area contributed by atoms with Gasteiger partial charge in [0.05, 0.1) is 5.75 Å². The summed E-state index contributed by atoms with van der Waals surface area (Å²) in [6, 6.07) is 10.1. The molecule has 3 nitrogen and oxygen atoms in total. The van der Waals surface area contributed by atoms with E-state index in [-0.39, 0.29) is 11.3 Å². The van der Waals surface area contributed by atoms with E-state index < -0.39 is 0 Å². The molecule has 1 amide bonds. The number of benzene rings is 1. The lowest BCUT2D eigenvalue weighted by molar-refractivity contribution is -0.118. The van der Waals surface area contributed by atoms with E-state index in [9.17, 15) is 4.79 Å². The van der Waals surface area contributed by atoms with Crippen LogP contribution in [-0.2, 0) is 10.5 Å². The number of amides is 1. The highest BCUT2D eigenvalue weighted by atomic mass is 32.2. The topological polar surface area (TPSA) is 41.5 Å². The summed E-state index contributed by atoms with van der Waals surface area (Å²) in [6.07, 6.45) is 0. The van der Waals surface area contributed by atoms with Crippen molar-refractivity contribution in [3.05, 3.63) is 35.9 Å². The lowest BCUT2D eigenvalue weighted by atomic mass is 9.91. The predicted molar refractivity (Wildman–Crippen MR) is 83.3 cm³/mol. The molecule has 1 rings (SSSR count). The van der Waals surface area contributed by atoms with Crippen LogP contribution >= 0.6 is 11.8 Å². The fraction of sp³-hybridized carbons (Fsp3) is 0.467. The SMILES string of the molecule is C/C(=N\NC(=O)CSCc1ccccc1)C(C)(C)C. The Morgan fingerprint density at radius 2 is 1.89 bits per heavy atom. The largest absolute Gasteiger partial charge is 0.272 e. The summed E-state index contributed by atoms with van der Waals surface area (Å²) >= 11 is 1.59. The minimum absolute atomic E-state index is 0.00946. The molecular weight excluding hydrogens is 256 g/mol. The average molecular weight is 278 g/mol. The van der Waals surface area contributed by atoms with E-state index >= 15 is 0 Å². The summed E-state index contributed by atoms with van der Waals surface area (Å²) in [5.41, 5.74) is 4.75. The second-order valence-corrected chi connectivity index (χ2v) is 6.45. The molecule has 0 radical (unpaired) electrons. The van der Waals surface area contributed by atoms with Gasteiger partial charge in [-0.15, -0.1) is 11.8 Å². The first-order valence-corrected chi connectivity index (χ1v) is 7.50. The zero-order valence-electron chi connectivity index (χ0n) is 12.1. The number of carbonyl (C=O) groups is 1. The van der Waals surface area contributed by atoms with Gasteiger partial charge in [-0.25, -0.2) is 5.43 Å². The van der Waals surface area contributed by atoms with Crippen molar-refractivity contribution < 1.29 is 4.79 Å². The van der Waals surface area contributed by atoms with Crippen LogP contribution in [0.5, 0.6) is 0 Å². The normalized spacial score (nSPS) is 12.3. The van der Waals surface area contributed by atoms with E-state index in [4.69, 9.17) is 0 Å². The highest BCUT2D eigenvalue weighted by Crippen LogP contribution is 2.15. The third kappa shape index (κ3) is 6.43. The van der Waals surface area contributed by atoms with Crippen LogP contribution in [0.15, 0.2) is 35.4 Å². The first kappa shape index (κ1) is 15.8. The van der Waals surface area contributed by atoms with Gasteiger partial charge in [0.15, 0.2) is 0 Å². The molecular formula is C15H22N2OS. The van der Waals surface area contributed by atoms with Crippen LogP contribution in [0.3, 0.4) is 0 Å². The number of nitrogens with one attached hydrogen (secondary N) is 1. The van der Waals surface area contributed by atoms with Gasteiger partial charge in [-0.3, -0.25) is 4.79 Å². The molecule has 1 aromatic rings. The smallest absolute Gasteiger partial charge is 0.250 e. The highest BCUT2D eigenvalue weighted by Gasteiger charge is 2.14. The number of hydrogen-bond donors (Lipinski definition) is 1. The summed E-state index contributed by atoms with van der Waals surface area (Å²) in [4.78, 5) is 11.6. The van der Waals surface area contributed by atoms with E-state index in [1.165, 1.54) is 5.56 Å².